The second-order valence-electron chi connectivity index (χ2n) is 3.53. The Morgan fingerprint density at radius 3 is 1.75 bits per heavy atom. The first kappa shape index (κ1) is 16.8. The van der Waals surface area contributed by atoms with Gasteiger partial charge in [-0.05, 0) is 11.4 Å². The van der Waals surface area contributed by atoms with Crippen molar-refractivity contribution in [1.82, 2.24) is 0 Å². The van der Waals surface area contributed by atoms with E-state index in [2.05, 4.69) is 0 Å². The molecule has 0 aromatic carbocycles. The number of alkyl halides is 9. The van der Waals surface area contributed by atoms with Crippen molar-refractivity contribution in [2.24, 2.45) is 0 Å². The first-order chi connectivity index (χ1) is 8.77. The average molecular weight is 330 g/mol. The Morgan fingerprint density at radius 2 is 1.40 bits per heavy atom. The van der Waals surface area contributed by atoms with Crippen LogP contribution in [0.3, 0.4) is 0 Å². The number of rotatable bonds is 4. The first-order valence-corrected chi connectivity index (χ1v) is 5.43. The van der Waals surface area contributed by atoms with Gasteiger partial charge in [-0.25, -0.2) is 0 Å². The second-order valence-corrected chi connectivity index (χ2v) is 4.48. The Bertz CT molecular complexity index is 488. The molecule has 1 aromatic heterocycles. The van der Waals surface area contributed by atoms with Gasteiger partial charge < -0.3 is 0 Å². The van der Waals surface area contributed by atoms with Gasteiger partial charge in [0, 0.05) is 0 Å². The van der Waals surface area contributed by atoms with Gasteiger partial charge in [0.25, 0.3) is 0 Å². The van der Waals surface area contributed by atoms with Crippen molar-refractivity contribution < 1.29 is 44.3 Å². The van der Waals surface area contributed by atoms with Gasteiger partial charge in [0.15, 0.2) is 0 Å². The topological polar surface area (TPSA) is 17.1 Å². The minimum Gasteiger partial charge on any atom is -0.286 e. The molecule has 0 fully saturated rings. The zero-order valence-electron chi connectivity index (χ0n) is 8.95. The molecule has 0 aliphatic rings. The van der Waals surface area contributed by atoms with Crippen molar-refractivity contribution in [2.45, 2.75) is 23.9 Å². The Hall–Kier alpha value is -1.26. The lowest BCUT2D eigenvalue weighted by Crippen LogP contribution is -2.63. The number of halogens is 9. The smallest absolute Gasteiger partial charge is 0.286 e. The summed E-state index contributed by atoms with van der Waals surface area (Å²) in [4.78, 5) is 9.97. The highest BCUT2D eigenvalue weighted by atomic mass is 32.1. The maximum atomic E-state index is 13.1. The lowest BCUT2D eigenvalue weighted by atomic mass is 9.99. The van der Waals surface area contributed by atoms with Gasteiger partial charge in [0.2, 0.25) is 5.78 Å². The molecular formula is C9H3F9OS. The van der Waals surface area contributed by atoms with Crippen LogP contribution in [0.1, 0.15) is 9.67 Å². The number of Topliss-reactive ketones (excluding diaryl/α,β-unsaturated/α-hetero) is 1. The van der Waals surface area contributed by atoms with E-state index in [0.717, 1.165) is 11.4 Å². The highest BCUT2D eigenvalue weighted by molar-refractivity contribution is 7.12. The Kier molecular flexibility index (Phi) is 3.89. The highest BCUT2D eigenvalue weighted by Crippen LogP contribution is 2.53. The molecule has 0 saturated carbocycles. The standard InChI is InChI=1S/C9H3F9OS/c10-6(11,5(19)4-2-1-3-20-4)7(12,13)8(14,15)9(16,17)18/h1-3H. The number of hydrogen-bond donors (Lipinski definition) is 0. The summed E-state index contributed by atoms with van der Waals surface area (Å²) in [6, 6.07) is 1.57. The number of hydrogen-bond acceptors (Lipinski definition) is 2. The van der Waals surface area contributed by atoms with Gasteiger partial charge in [-0.1, -0.05) is 6.07 Å². The van der Waals surface area contributed by atoms with Crippen LogP contribution in [-0.4, -0.2) is 29.7 Å². The molecule has 0 unspecified atom stereocenters. The van der Waals surface area contributed by atoms with Gasteiger partial charge in [0.05, 0.1) is 4.88 Å². The lowest BCUT2D eigenvalue weighted by Gasteiger charge is -2.32. The van der Waals surface area contributed by atoms with E-state index in [0.29, 0.717) is 6.07 Å². The molecule has 0 saturated heterocycles. The molecule has 1 heterocycles. The van der Waals surface area contributed by atoms with Gasteiger partial charge in [-0.15, -0.1) is 11.3 Å². The molecule has 11 heteroatoms. The Labute approximate surface area is 109 Å². The summed E-state index contributed by atoms with van der Waals surface area (Å²) in [6.07, 6.45) is -6.93. The lowest BCUT2D eigenvalue weighted by molar-refractivity contribution is -0.386. The molecule has 0 spiro atoms. The van der Waals surface area contributed by atoms with Crippen LogP contribution >= 0.6 is 11.3 Å². The van der Waals surface area contributed by atoms with E-state index >= 15 is 0 Å². The maximum absolute atomic E-state index is 13.1. The number of carbonyl (C=O) groups is 1. The predicted molar refractivity (Wildman–Crippen MR) is 49.5 cm³/mol. The van der Waals surface area contributed by atoms with Crippen LogP contribution in [0.5, 0.6) is 0 Å². The SMILES string of the molecule is O=C(c1cccs1)C(F)(F)C(F)(F)C(F)(F)C(F)(F)F. The molecule has 1 aromatic rings. The fourth-order valence-electron chi connectivity index (χ4n) is 1.08. The Balaban J connectivity index is 3.29. The molecule has 0 bridgehead atoms. The highest BCUT2D eigenvalue weighted by Gasteiger charge is 2.83. The first-order valence-electron chi connectivity index (χ1n) is 4.55. The fourth-order valence-corrected chi connectivity index (χ4v) is 1.78. The summed E-state index contributed by atoms with van der Waals surface area (Å²) in [6.45, 7) is 0. The van der Waals surface area contributed by atoms with Crippen LogP contribution in [-0.2, 0) is 0 Å². The normalized spacial score (nSPS) is 14.4. The summed E-state index contributed by atoms with van der Waals surface area (Å²) in [7, 11) is 0. The zero-order valence-corrected chi connectivity index (χ0v) is 9.77. The average Bonchev–Trinajstić information content (AvgIpc) is 2.79. The van der Waals surface area contributed by atoms with Crippen LogP contribution in [0.25, 0.3) is 0 Å². The third-order valence-corrected chi connectivity index (χ3v) is 3.04. The third-order valence-electron chi connectivity index (χ3n) is 2.17. The van der Waals surface area contributed by atoms with Crippen molar-refractivity contribution >= 4 is 17.1 Å². The van der Waals surface area contributed by atoms with E-state index in [1.807, 2.05) is 0 Å². The molecular weight excluding hydrogens is 327 g/mol. The van der Waals surface area contributed by atoms with Crippen LogP contribution < -0.4 is 0 Å². The summed E-state index contributed by atoms with van der Waals surface area (Å²) in [5.41, 5.74) is 0. The molecule has 114 valence electrons. The van der Waals surface area contributed by atoms with Crippen LogP contribution in [0, 0.1) is 0 Å². The van der Waals surface area contributed by atoms with E-state index < -0.39 is 34.6 Å². The van der Waals surface area contributed by atoms with E-state index in [1.165, 1.54) is 0 Å². The molecule has 0 radical (unpaired) electrons. The van der Waals surface area contributed by atoms with Crippen molar-refractivity contribution in [3.8, 4) is 0 Å². The zero-order chi connectivity index (χ0) is 16.0. The maximum Gasteiger partial charge on any atom is 0.460 e. The fraction of sp³-hybridized carbons (Fsp3) is 0.444. The summed E-state index contributed by atoms with van der Waals surface area (Å²) >= 11 is 0.203. The van der Waals surface area contributed by atoms with Crippen LogP contribution in [0.2, 0.25) is 0 Å². The van der Waals surface area contributed by atoms with Gasteiger partial charge in [-0.3, -0.25) is 4.79 Å². The molecule has 0 N–H and O–H groups in total. The summed E-state index contributed by atoms with van der Waals surface area (Å²) < 4.78 is 112. The molecule has 1 nitrogen and oxygen atoms in total. The number of thiophene rings is 1. The van der Waals surface area contributed by atoms with E-state index in [1.54, 1.807) is 0 Å². The molecule has 0 aliphatic heterocycles. The minimum absolute atomic E-state index is 0.203. The van der Waals surface area contributed by atoms with Crippen LogP contribution in [0.4, 0.5) is 39.5 Å². The van der Waals surface area contributed by atoms with Crippen molar-refractivity contribution in [3.05, 3.63) is 22.4 Å². The quantitative estimate of drug-likeness (QED) is 0.591. The van der Waals surface area contributed by atoms with Crippen LogP contribution in [0.15, 0.2) is 17.5 Å². The number of ketones is 1. The van der Waals surface area contributed by atoms with Crippen molar-refractivity contribution in [2.75, 3.05) is 0 Å². The van der Waals surface area contributed by atoms with E-state index in [-0.39, 0.29) is 11.3 Å². The van der Waals surface area contributed by atoms with Crippen molar-refractivity contribution in [3.63, 3.8) is 0 Å². The molecule has 0 aliphatic carbocycles. The van der Waals surface area contributed by atoms with Crippen molar-refractivity contribution in [1.29, 1.82) is 0 Å². The summed E-state index contributed by atoms with van der Waals surface area (Å²) in [5, 5.41) is 0.989. The third kappa shape index (κ3) is 2.27. The van der Waals surface area contributed by atoms with E-state index in [9.17, 15) is 44.3 Å². The molecule has 0 amide bonds. The second kappa shape index (κ2) is 4.64. The molecule has 20 heavy (non-hydrogen) atoms. The predicted octanol–water partition coefficient (Wildman–Crippen LogP) is 4.40. The minimum atomic E-state index is -7.06. The van der Waals surface area contributed by atoms with Gasteiger partial charge >= 0.3 is 23.9 Å². The number of carbonyl (C=O) groups excluding carboxylic acids is 1. The summed E-state index contributed by atoms with van der Waals surface area (Å²) in [5.74, 6) is -23.0. The largest absolute Gasteiger partial charge is 0.460 e. The van der Waals surface area contributed by atoms with Gasteiger partial charge in [0.1, 0.15) is 0 Å². The molecule has 1 rings (SSSR count). The Morgan fingerprint density at radius 1 is 0.900 bits per heavy atom. The monoisotopic (exact) mass is 330 g/mol. The molecule has 0 atom stereocenters. The van der Waals surface area contributed by atoms with Gasteiger partial charge in [-0.2, -0.15) is 39.5 Å². The van der Waals surface area contributed by atoms with E-state index in [4.69, 9.17) is 0 Å².